The molecular weight excluding hydrogens is 248 g/mol. The van der Waals surface area contributed by atoms with Crippen LogP contribution in [-0.2, 0) is 0 Å². The first-order chi connectivity index (χ1) is 9.83. The molecule has 2 aromatic rings. The van der Waals surface area contributed by atoms with Crippen molar-refractivity contribution in [3.8, 4) is 5.69 Å². The summed E-state index contributed by atoms with van der Waals surface area (Å²) in [4.78, 5) is 3.97. The maximum absolute atomic E-state index is 4.14. The molecule has 4 heteroatoms. The van der Waals surface area contributed by atoms with Crippen molar-refractivity contribution in [3.63, 3.8) is 0 Å². The summed E-state index contributed by atoms with van der Waals surface area (Å²) in [6, 6.07) is 8.94. The first-order valence-electron chi connectivity index (χ1n) is 7.54. The molecule has 0 radical (unpaired) electrons. The Morgan fingerprint density at radius 1 is 1.15 bits per heavy atom. The molecule has 1 atom stereocenters. The zero-order chi connectivity index (χ0) is 13.8. The summed E-state index contributed by atoms with van der Waals surface area (Å²) in [5, 5.41) is 7.77. The molecule has 0 saturated heterocycles. The lowest BCUT2D eigenvalue weighted by Gasteiger charge is -2.29. The number of hydrogen-bond acceptors (Lipinski definition) is 3. The van der Waals surface area contributed by atoms with E-state index in [1.165, 1.54) is 37.8 Å². The normalized spacial score (nSPS) is 17.9. The highest BCUT2D eigenvalue weighted by Crippen LogP contribution is 2.28. The van der Waals surface area contributed by atoms with E-state index < -0.39 is 0 Å². The van der Waals surface area contributed by atoms with E-state index >= 15 is 0 Å². The van der Waals surface area contributed by atoms with Crippen LogP contribution in [0.5, 0.6) is 0 Å². The molecule has 106 valence electrons. The van der Waals surface area contributed by atoms with Crippen molar-refractivity contribution in [2.45, 2.75) is 45.1 Å². The third-order valence-corrected chi connectivity index (χ3v) is 4.30. The highest BCUT2D eigenvalue weighted by Gasteiger charge is 2.19. The van der Waals surface area contributed by atoms with E-state index in [0.717, 1.165) is 11.6 Å². The van der Waals surface area contributed by atoms with Crippen LogP contribution >= 0.6 is 0 Å². The highest BCUT2D eigenvalue weighted by molar-refractivity contribution is 5.49. The van der Waals surface area contributed by atoms with Crippen molar-refractivity contribution in [2.75, 3.05) is 5.32 Å². The van der Waals surface area contributed by atoms with Gasteiger partial charge < -0.3 is 5.32 Å². The third-order valence-electron chi connectivity index (χ3n) is 4.30. The van der Waals surface area contributed by atoms with Gasteiger partial charge in [0.2, 0.25) is 0 Å². The molecule has 0 spiro atoms. The maximum Gasteiger partial charge on any atom is 0.138 e. The number of hydrogen-bond donors (Lipinski definition) is 1. The highest BCUT2D eigenvalue weighted by atomic mass is 15.3. The number of anilines is 1. The van der Waals surface area contributed by atoms with Gasteiger partial charge in [-0.25, -0.2) is 9.67 Å². The molecule has 4 nitrogen and oxygen atoms in total. The fourth-order valence-electron chi connectivity index (χ4n) is 3.07. The van der Waals surface area contributed by atoms with Gasteiger partial charge in [-0.05, 0) is 49.9 Å². The first kappa shape index (κ1) is 13.2. The molecule has 1 unspecified atom stereocenters. The summed E-state index contributed by atoms with van der Waals surface area (Å²) < 4.78 is 1.77. The molecule has 0 amide bonds. The minimum atomic E-state index is 0.549. The lowest BCUT2D eigenvalue weighted by molar-refractivity contribution is 0.328. The Kier molecular flexibility index (Phi) is 4.00. The van der Waals surface area contributed by atoms with Gasteiger partial charge in [0.05, 0.1) is 5.69 Å². The van der Waals surface area contributed by atoms with Crippen molar-refractivity contribution in [1.29, 1.82) is 0 Å². The van der Waals surface area contributed by atoms with Gasteiger partial charge in [-0.2, -0.15) is 5.10 Å². The molecule has 1 saturated carbocycles. The van der Waals surface area contributed by atoms with Gasteiger partial charge in [-0.3, -0.25) is 0 Å². The van der Waals surface area contributed by atoms with Crippen LogP contribution in [0.15, 0.2) is 36.9 Å². The van der Waals surface area contributed by atoms with Crippen LogP contribution in [0.2, 0.25) is 0 Å². The molecule has 3 rings (SSSR count). The zero-order valence-electron chi connectivity index (χ0n) is 12.0. The molecular formula is C16H22N4. The first-order valence-corrected chi connectivity index (χ1v) is 7.54. The average molecular weight is 270 g/mol. The Balaban J connectivity index is 1.63. The molecule has 20 heavy (non-hydrogen) atoms. The predicted octanol–water partition coefficient (Wildman–Crippen LogP) is 3.65. The number of aromatic nitrogens is 3. The maximum atomic E-state index is 4.14. The number of nitrogens with one attached hydrogen (secondary N) is 1. The second-order valence-electron chi connectivity index (χ2n) is 5.72. The zero-order valence-corrected chi connectivity index (χ0v) is 12.0. The van der Waals surface area contributed by atoms with Crippen molar-refractivity contribution >= 4 is 5.69 Å². The van der Waals surface area contributed by atoms with E-state index in [1.807, 2.05) is 0 Å². The van der Waals surface area contributed by atoms with Crippen molar-refractivity contribution in [1.82, 2.24) is 14.8 Å². The fraction of sp³-hybridized carbons (Fsp3) is 0.500. The Morgan fingerprint density at radius 2 is 1.90 bits per heavy atom. The smallest absolute Gasteiger partial charge is 0.138 e. The van der Waals surface area contributed by atoms with Gasteiger partial charge in [0.1, 0.15) is 12.7 Å². The SMILES string of the molecule is CC(Nc1ccc(-n2cncn2)cc1)C1CCCCC1. The fourth-order valence-corrected chi connectivity index (χ4v) is 3.07. The number of benzene rings is 1. The van der Waals surface area contributed by atoms with Gasteiger partial charge in [-0.1, -0.05) is 19.3 Å². The van der Waals surface area contributed by atoms with Crippen LogP contribution in [0.25, 0.3) is 5.69 Å². The van der Waals surface area contributed by atoms with E-state index in [0.29, 0.717) is 6.04 Å². The summed E-state index contributed by atoms with van der Waals surface area (Å²) in [5.74, 6) is 0.818. The molecule has 1 N–H and O–H groups in total. The minimum absolute atomic E-state index is 0.549. The molecule has 0 aliphatic heterocycles. The van der Waals surface area contributed by atoms with E-state index in [9.17, 15) is 0 Å². The Labute approximate surface area is 120 Å². The Hall–Kier alpha value is -1.84. The Bertz CT molecular complexity index is 512. The minimum Gasteiger partial charge on any atom is -0.382 e. The van der Waals surface area contributed by atoms with Crippen molar-refractivity contribution in [3.05, 3.63) is 36.9 Å². The van der Waals surface area contributed by atoms with Crippen molar-refractivity contribution in [2.24, 2.45) is 5.92 Å². The van der Waals surface area contributed by atoms with E-state index in [4.69, 9.17) is 0 Å². The van der Waals surface area contributed by atoms with Crippen LogP contribution in [0, 0.1) is 5.92 Å². The molecule has 0 bridgehead atoms. The summed E-state index contributed by atoms with van der Waals surface area (Å²) in [5.41, 5.74) is 2.23. The van der Waals surface area contributed by atoms with Gasteiger partial charge >= 0.3 is 0 Å². The topological polar surface area (TPSA) is 42.7 Å². The van der Waals surface area contributed by atoms with Gasteiger partial charge in [0.25, 0.3) is 0 Å². The summed E-state index contributed by atoms with van der Waals surface area (Å²) in [6.07, 6.45) is 10.2. The van der Waals surface area contributed by atoms with E-state index in [2.05, 4.69) is 46.6 Å². The molecule has 1 aliphatic rings. The molecule has 1 fully saturated rings. The largest absolute Gasteiger partial charge is 0.382 e. The van der Waals surface area contributed by atoms with E-state index in [1.54, 1.807) is 17.3 Å². The predicted molar refractivity (Wildman–Crippen MR) is 81.0 cm³/mol. The van der Waals surface area contributed by atoms with Crippen LogP contribution in [-0.4, -0.2) is 20.8 Å². The third kappa shape index (κ3) is 3.00. The number of rotatable bonds is 4. The second-order valence-corrected chi connectivity index (χ2v) is 5.72. The molecule has 1 aromatic heterocycles. The summed E-state index contributed by atoms with van der Waals surface area (Å²) in [7, 11) is 0. The molecule has 1 aromatic carbocycles. The van der Waals surface area contributed by atoms with Crippen LogP contribution in [0.3, 0.4) is 0 Å². The van der Waals surface area contributed by atoms with Crippen LogP contribution < -0.4 is 5.32 Å². The molecule has 1 aliphatic carbocycles. The monoisotopic (exact) mass is 270 g/mol. The van der Waals surface area contributed by atoms with E-state index in [-0.39, 0.29) is 0 Å². The number of nitrogens with zero attached hydrogens (tertiary/aromatic N) is 3. The van der Waals surface area contributed by atoms with Crippen LogP contribution in [0.1, 0.15) is 39.0 Å². The standard InChI is InChI=1S/C16H22N4/c1-13(14-5-3-2-4-6-14)19-15-7-9-16(10-8-15)20-12-17-11-18-20/h7-14,19H,2-6H2,1H3. The summed E-state index contributed by atoms with van der Waals surface area (Å²) >= 11 is 0. The average Bonchev–Trinajstić information content (AvgIpc) is 3.03. The van der Waals surface area contributed by atoms with Crippen molar-refractivity contribution < 1.29 is 0 Å². The summed E-state index contributed by atoms with van der Waals surface area (Å²) in [6.45, 7) is 2.31. The van der Waals surface area contributed by atoms with Gasteiger partial charge in [0.15, 0.2) is 0 Å². The Morgan fingerprint density at radius 3 is 2.55 bits per heavy atom. The molecule has 1 heterocycles. The van der Waals surface area contributed by atoms with Gasteiger partial charge in [0, 0.05) is 11.7 Å². The second kappa shape index (κ2) is 6.07. The lowest BCUT2D eigenvalue weighted by atomic mass is 9.84. The van der Waals surface area contributed by atoms with Gasteiger partial charge in [-0.15, -0.1) is 0 Å². The quantitative estimate of drug-likeness (QED) is 0.922. The van der Waals surface area contributed by atoms with Crippen LogP contribution in [0.4, 0.5) is 5.69 Å². The lowest BCUT2D eigenvalue weighted by Crippen LogP contribution is -2.27.